The third-order valence-corrected chi connectivity index (χ3v) is 7.24. The van der Waals surface area contributed by atoms with Crippen LogP contribution in [0.4, 0.5) is 21.0 Å². The number of carbonyl (C=O) groups excluding carboxylic acids is 3. The molecule has 1 aliphatic heterocycles. The molecule has 4 aromatic carbocycles. The second-order valence-corrected chi connectivity index (χ2v) is 9.94. The summed E-state index contributed by atoms with van der Waals surface area (Å²) in [6.07, 6.45) is 0.498. The molecule has 0 aromatic heterocycles. The first-order valence-electron chi connectivity index (χ1n) is 11.9. The van der Waals surface area contributed by atoms with E-state index in [9.17, 15) is 14.4 Å². The van der Waals surface area contributed by atoms with Gasteiger partial charge in [0.15, 0.2) is 0 Å². The molecule has 5 rings (SSSR count). The van der Waals surface area contributed by atoms with Crippen molar-refractivity contribution in [1.82, 2.24) is 5.32 Å². The van der Waals surface area contributed by atoms with E-state index in [1.165, 1.54) is 0 Å². The number of imide groups is 1. The maximum atomic E-state index is 12.9. The quantitative estimate of drug-likeness (QED) is 0.309. The van der Waals surface area contributed by atoms with Gasteiger partial charge in [-0.25, -0.2) is 4.79 Å². The van der Waals surface area contributed by atoms with Crippen LogP contribution in [0.3, 0.4) is 0 Å². The Kier molecular flexibility index (Phi) is 7.05. The van der Waals surface area contributed by atoms with Crippen molar-refractivity contribution in [2.24, 2.45) is 0 Å². The van der Waals surface area contributed by atoms with Crippen LogP contribution in [0.25, 0.3) is 22.3 Å². The van der Waals surface area contributed by atoms with E-state index in [0.29, 0.717) is 6.42 Å². The van der Waals surface area contributed by atoms with Gasteiger partial charge in [0.25, 0.3) is 5.24 Å². The van der Waals surface area contributed by atoms with E-state index in [2.05, 4.69) is 22.8 Å². The van der Waals surface area contributed by atoms with Crippen LogP contribution in [-0.4, -0.2) is 29.5 Å². The average Bonchev–Trinajstić information content (AvgIpc) is 3.25. The monoisotopic (exact) mass is 507 g/mol. The number of hydrogen-bond donors (Lipinski definition) is 2. The van der Waals surface area contributed by atoms with Crippen molar-refractivity contribution in [3.8, 4) is 22.3 Å². The first-order valence-corrected chi connectivity index (χ1v) is 12.8. The first kappa shape index (κ1) is 24.3. The first-order chi connectivity index (χ1) is 18.0. The largest absolute Gasteiger partial charge is 0.326 e. The Bertz CT molecular complexity index is 1440. The molecular formula is C30H25N3O3S. The zero-order valence-electron chi connectivity index (χ0n) is 20.2. The van der Waals surface area contributed by atoms with E-state index in [1.54, 1.807) is 11.9 Å². The number of rotatable bonds is 6. The summed E-state index contributed by atoms with van der Waals surface area (Å²) in [5.74, 6) is -0.236. The fourth-order valence-corrected chi connectivity index (χ4v) is 5.03. The van der Waals surface area contributed by atoms with Gasteiger partial charge in [-0.2, -0.15) is 0 Å². The molecule has 0 aliphatic carbocycles. The Hall–Kier alpha value is -4.36. The van der Waals surface area contributed by atoms with Crippen LogP contribution in [0, 0.1) is 0 Å². The molecule has 0 bridgehead atoms. The fraction of sp³-hybridized carbons (Fsp3) is 0.100. The summed E-state index contributed by atoms with van der Waals surface area (Å²) >= 11 is 1.03. The van der Waals surface area contributed by atoms with Crippen molar-refractivity contribution in [3.63, 3.8) is 0 Å². The van der Waals surface area contributed by atoms with Crippen LogP contribution >= 0.6 is 11.8 Å². The Morgan fingerprint density at radius 3 is 2.11 bits per heavy atom. The van der Waals surface area contributed by atoms with E-state index < -0.39 is 0 Å². The lowest BCUT2D eigenvalue weighted by atomic mass is 10.0. The highest BCUT2D eigenvalue weighted by atomic mass is 32.2. The zero-order valence-corrected chi connectivity index (χ0v) is 21.0. The van der Waals surface area contributed by atoms with Gasteiger partial charge in [0.2, 0.25) is 5.91 Å². The second kappa shape index (κ2) is 10.7. The molecule has 6 nitrogen and oxygen atoms in total. The minimum Gasteiger partial charge on any atom is -0.308 e. The van der Waals surface area contributed by atoms with Gasteiger partial charge >= 0.3 is 6.03 Å². The van der Waals surface area contributed by atoms with Gasteiger partial charge in [-0.15, -0.1) is 0 Å². The van der Waals surface area contributed by atoms with Gasteiger partial charge < -0.3 is 5.32 Å². The third-order valence-electron chi connectivity index (χ3n) is 6.26. The maximum Gasteiger partial charge on any atom is 0.326 e. The molecule has 1 aliphatic rings. The number of benzene rings is 4. The van der Waals surface area contributed by atoms with Crippen LogP contribution in [0.15, 0.2) is 103 Å². The van der Waals surface area contributed by atoms with Gasteiger partial charge in [-0.05, 0) is 58.5 Å². The third kappa shape index (κ3) is 5.73. The van der Waals surface area contributed by atoms with E-state index in [0.717, 1.165) is 51.0 Å². The Morgan fingerprint density at radius 1 is 0.811 bits per heavy atom. The van der Waals surface area contributed by atoms with Gasteiger partial charge in [0.1, 0.15) is 0 Å². The van der Waals surface area contributed by atoms with E-state index in [4.69, 9.17) is 0 Å². The van der Waals surface area contributed by atoms with E-state index >= 15 is 0 Å². The van der Waals surface area contributed by atoms with Crippen molar-refractivity contribution < 1.29 is 14.4 Å². The highest BCUT2D eigenvalue weighted by Gasteiger charge is 2.31. The molecule has 1 heterocycles. The van der Waals surface area contributed by atoms with Crippen molar-refractivity contribution >= 4 is 40.3 Å². The predicted molar refractivity (Wildman–Crippen MR) is 150 cm³/mol. The molecule has 1 unspecified atom stereocenters. The van der Waals surface area contributed by atoms with Crippen LogP contribution in [0.2, 0.25) is 0 Å². The van der Waals surface area contributed by atoms with E-state index in [1.807, 2.05) is 91.0 Å². The zero-order chi connectivity index (χ0) is 25.8. The highest BCUT2D eigenvalue weighted by molar-refractivity contribution is 8.15. The lowest BCUT2D eigenvalue weighted by Crippen LogP contribution is -2.31. The molecule has 0 spiro atoms. The lowest BCUT2D eigenvalue weighted by molar-refractivity contribution is -0.118. The summed E-state index contributed by atoms with van der Waals surface area (Å²) in [7, 11) is 1.74. The number of thioether (sulfide) groups is 1. The molecule has 37 heavy (non-hydrogen) atoms. The maximum absolute atomic E-state index is 12.9. The Balaban J connectivity index is 1.24. The number of hydrogen-bond acceptors (Lipinski definition) is 4. The summed E-state index contributed by atoms with van der Waals surface area (Å²) in [5.41, 5.74) is 6.65. The fourth-order valence-electron chi connectivity index (χ4n) is 4.17. The van der Waals surface area contributed by atoms with E-state index in [-0.39, 0.29) is 22.4 Å². The molecule has 184 valence electrons. The molecule has 0 saturated carbocycles. The number of nitrogens with zero attached hydrogens (tertiary/aromatic N) is 1. The minimum atomic E-state index is -0.386. The summed E-state index contributed by atoms with van der Waals surface area (Å²) in [5, 5.41) is 4.60. The predicted octanol–water partition coefficient (Wildman–Crippen LogP) is 6.58. The summed E-state index contributed by atoms with van der Waals surface area (Å²) in [6.45, 7) is 0. The molecule has 1 atom stereocenters. The van der Waals surface area contributed by atoms with Crippen molar-refractivity contribution in [2.45, 2.75) is 11.7 Å². The van der Waals surface area contributed by atoms with Gasteiger partial charge in [0, 0.05) is 18.4 Å². The normalized spacial score (nSPS) is 14.8. The van der Waals surface area contributed by atoms with Crippen molar-refractivity contribution in [1.29, 1.82) is 0 Å². The number of nitrogens with one attached hydrogen (secondary N) is 2. The molecule has 2 N–H and O–H groups in total. The number of carbonyl (C=O) groups is 3. The standard InChI is InChI=1S/C30H25N3O3S/c1-33(29(35)31-25-16-14-22(15-17-25)21-6-3-2-4-7-21)26-9-5-8-24(19-26)23-12-10-20(11-13-23)18-27-28(34)32-30(36)37-27/h2-17,19,27H,18H2,1H3,(H,31,35)(H,32,34,36). The highest BCUT2D eigenvalue weighted by Crippen LogP contribution is 2.28. The Labute approximate surface area is 219 Å². The molecule has 4 amide bonds. The molecule has 4 aromatic rings. The summed E-state index contributed by atoms with van der Waals surface area (Å²) in [4.78, 5) is 37.7. The minimum absolute atomic E-state index is 0.234. The Morgan fingerprint density at radius 2 is 1.43 bits per heavy atom. The SMILES string of the molecule is CN(C(=O)Nc1ccc(-c2ccccc2)cc1)c1cccc(-c2ccc(CC3SC(=O)NC3=O)cc2)c1. The summed E-state index contributed by atoms with van der Waals surface area (Å²) < 4.78 is 0. The van der Waals surface area contributed by atoms with Crippen LogP contribution in [0.1, 0.15) is 5.56 Å². The topological polar surface area (TPSA) is 78.5 Å². The lowest BCUT2D eigenvalue weighted by Gasteiger charge is -2.19. The molecule has 1 fully saturated rings. The molecular weight excluding hydrogens is 482 g/mol. The summed E-state index contributed by atoms with van der Waals surface area (Å²) in [6, 6.07) is 33.3. The van der Waals surface area contributed by atoms with Crippen molar-refractivity contribution in [3.05, 3.63) is 109 Å². The number of amides is 4. The number of urea groups is 1. The van der Waals surface area contributed by atoms with Crippen LogP contribution in [0.5, 0.6) is 0 Å². The van der Waals surface area contributed by atoms with Crippen LogP contribution < -0.4 is 15.5 Å². The molecule has 0 radical (unpaired) electrons. The van der Waals surface area contributed by atoms with Gasteiger partial charge in [-0.1, -0.05) is 90.6 Å². The van der Waals surface area contributed by atoms with Gasteiger partial charge in [0.05, 0.1) is 5.25 Å². The van der Waals surface area contributed by atoms with Gasteiger partial charge in [-0.3, -0.25) is 19.8 Å². The number of anilines is 2. The van der Waals surface area contributed by atoms with Crippen molar-refractivity contribution in [2.75, 3.05) is 17.3 Å². The second-order valence-electron chi connectivity index (χ2n) is 8.77. The smallest absolute Gasteiger partial charge is 0.308 e. The van der Waals surface area contributed by atoms with Crippen LogP contribution in [-0.2, 0) is 11.2 Å². The molecule has 1 saturated heterocycles. The average molecular weight is 508 g/mol. The molecule has 7 heteroatoms.